The van der Waals surface area contributed by atoms with Crippen molar-refractivity contribution >= 4 is 5.91 Å². The summed E-state index contributed by atoms with van der Waals surface area (Å²) in [6.07, 6.45) is 5.60. The van der Waals surface area contributed by atoms with Crippen LogP contribution in [0, 0.1) is 0 Å². The minimum absolute atomic E-state index is 0.0683. The van der Waals surface area contributed by atoms with Gasteiger partial charge in [-0.1, -0.05) is 6.42 Å². The highest BCUT2D eigenvalue weighted by Gasteiger charge is 2.31. The third-order valence-electron chi connectivity index (χ3n) is 4.68. The Bertz CT molecular complexity index is 289. The van der Waals surface area contributed by atoms with Crippen LogP contribution >= 0.6 is 0 Å². The van der Waals surface area contributed by atoms with Gasteiger partial charge in [-0.2, -0.15) is 0 Å². The van der Waals surface area contributed by atoms with Crippen LogP contribution in [0.5, 0.6) is 0 Å². The summed E-state index contributed by atoms with van der Waals surface area (Å²) in [5.74, 6) is 0.302. The van der Waals surface area contributed by atoms with Crippen LogP contribution in [-0.2, 0) is 4.79 Å². The maximum absolute atomic E-state index is 12.4. The van der Waals surface area contributed by atoms with Crippen LogP contribution < -0.4 is 5.32 Å². The van der Waals surface area contributed by atoms with Gasteiger partial charge in [-0.3, -0.25) is 4.79 Å². The molecule has 0 spiro atoms. The van der Waals surface area contributed by atoms with Crippen LogP contribution in [0.4, 0.5) is 0 Å². The third kappa shape index (κ3) is 3.04. The molecule has 2 fully saturated rings. The molecule has 2 heterocycles. The van der Waals surface area contributed by atoms with E-state index in [0.29, 0.717) is 18.0 Å². The highest BCUT2D eigenvalue weighted by Crippen LogP contribution is 2.21. The Hall–Kier alpha value is -0.610. The molecular weight excluding hydrogens is 226 g/mol. The fourth-order valence-electron chi connectivity index (χ4n) is 3.10. The van der Waals surface area contributed by atoms with Crippen molar-refractivity contribution in [3.05, 3.63) is 0 Å². The van der Waals surface area contributed by atoms with Crippen molar-refractivity contribution in [2.45, 2.75) is 57.2 Å². The van der Waals surface area contributed by atoms with Gasteiger partial charge in [0.05, 0.1) is 6.04 Å². The number of piperidine rings is 2. The van der Waals surface area contributed by atoms with E-state index in [0.717, 1.165) is 32.4 Å². The SMILES string of the molecule is CC1CC(N(C)C(=O)[C@H]2CCCCN2)CCN1C. The van der Waals surface area contributed by atoms with Crippen LogP contribution in [0.2, 0.25) is 0 Å². The molecule has 1 N–H and O–H groups in total. The molecule has 2 rings (SSSR count). The second-order valence-corrected chi connectivity index (χ2v) is 5.96. The van der Waals surface area contributed by atoms with Gasteiger partial charge in [0.15, 0.2) is 0 Å². The van der Waals surface area contributed by atoms with E-state index >= 15 is 0 Å². The summed E-state index contributed by atoms with van der Waals surface area (Å²) < 4.78 is 0. The molecule has 0 bridgehead atoms. The Morgan fingerprint density at radius 2 is 2.11 bits per heavy atom. The minimum Gasteiger partial charge on any atom is -0.341 e. The Morgan fingerprint density at radius 3 is 2.72 bits per heavy atom. The van der Waals surface area contributed by atoms with Crippen LogP contribution in [-0.4, -0.2) is 61.0 Å². The number of carbonyl (C=O) groups excluding carboxylic acids is 1. The second kappa shape index (κ2) is 6.02. The molecule has 2 aliphatic rings. The quantitative estimate of drug-likeness (QED) is 0.799. The molecule has 1 amide bonds. The second-order valence-electron chi connectivity index (χ2n) is 5.96. The lowest BCUT2D eigenvalue weighted by atomic mass is 9.96. The summed E-state index contributed by atoms with van der Waals surface area (Å²) >= 11 is 0. The van der Waals surface area contributed by atoms with Crippen molar-refractivity contribution in [2.75, 3.05) is 27.2 Å². The molecule has 2 unspecified atom stereocenters. The number of amides is 1. The largest absolute Gasteiger partial charge is 0.341 e. The van der Waals surface area contributed by atoms with Gasteiger partial charge in [0.25, 0.3) is 0 Å². The standard InChI is InChI=1S/C14H27N3O/c1-11-10-12(7-9-16(11)2)17(3)14(18)13-6-4-5-8-15-13/h11-13,15H,4-10H2,1-3H3/t11?,12?,13-/m1/s1. The number of likely N-dealkylation sites (tertiary alicyclic amines) is 1. The number of hydrogen-bond acceptors (Lipinski definition) is 3. The van der Waals surface area contributed by atoms with Gasteiger partial charge in [-0.25, -0.2) is 0 Å². The monoisotopic (exact) mass is 253 g/mol. The summed E-state index contributed by atoms with van der Waals surface area (Å²) in [5.41, 5.74) is 0. The normalized spacial score (nSPS) is 34.3. The van der Waals surface area contributed by atoms with Crippen molar-refractivity contribution in [1.82, 2.24) is 15.1 Å². The smallest absolute Gasteiger partial charge is 0.239 e. The number of hydrogen-bond donors (Lipinski definition) is 1. The van der Waals surface area contributed by atoms with E-state index in [4.69, 9.17) is 0 Å². The van der Waals surface area contributed by atoms with Gasteiger partial charge < -0.3 is 15.1 Å². The molecule has 3 atom stereocenters. The van der Waals surface area contributed by atoms with E-state index in [9.17, 15) is 4.79 Å². The summed E-state index contributed by atoms with van der Waals surface area (Å²) in [4.78, 5) is 16.8. The van der Waals surface area contributed by atoms with Crippen molar-refractivity contribution in [1.29, 1.82) is 0 Å². The summed E-state index contributed by atoms with van der Waals surface area (Å²) in [6.45, 7) is 4.35. The lowest BCUT2D eigenvalue weighted by Gasteiger charge is -2.40. The van der Waals surface area contributed by atoms with E-state index in [-0.39, 0.29) is 6.04 Å². The molecule has 0 aromatic heterocycles. The average molecular weight is 253 g/mol. The van der Waals surface area contributed by atoms with E-state index < -0.39 is 0 Å². The first-order valence-corrected chi connectivity index (χ1v) is 7.30. The molecular formula is C14H27N3O. The first-order chi connectivity index (χ1) is 8.59. The highest BCUT2D eigenvalue weighted by molar-refractivity contribution is 5.82. The maximum Gasteiger partial charge on any atom is 0.239 e. The average Bonchev–Trinajstić information content (AvgIpc) is 2.41. The van der Waals surface area contributed by atoms with Crippen LogP contribution in [0.3, 0.4) is 0 Å². The molecule has 0 radical (unpaired) electrons. The zero-order chi connectivity index (χ0) is 13.1. The number of likely N-dealkylation sites (N-methyl/N-ethyl adjacent to an activating group) is 1. The molecule has 0 aliphatic carbocycles. The minimum atomic E-state index is 0.0683. The van der Waals surface area contributed by atoms with Gasteiger partial charge in [0.1, 0.15) is 0 Å². The van der Waals surface area contributed by atoms with Gasteiger partial charge >= 0.3 is 0 Å². The topological polar surface area (TPSA) is 35.6 Å². The zero-order valence-electron chi connectivity index (χ0n) is 12.0. The number of carbonyl (C=O) groups is 1. The molecule has 104 valence electrons. The molecule has 4 heteroatoms. The van der Waals surface area contributed by atoms with Crippen LogP contribution in [0.25, 0.3) is 0 Å². The summed E-state index contributed by atoms with van der Waals surface area (Å²) in [7, 11) is 4.16. The summed E-state index contributed by atoms with van der Waals surface area (Å²) in [5, 5.41) is 3.36. The molecule has 2 aliphatic heterocycles. The first-order valence-electron chi connectivity index (χ1n) is 7.30. The van der Waals surface area contributed by atoms with Gasteiger partial charge in [-0.05, 0) is 46.2 Å². The van der Waals surface area contributed by atoms with Gasteiger partial charge in [0.2, 0.25) is 5.91 Å². The Morgan fingerprint density at radius 1 is 1.33 bits per heavy atom. The van der Waals surface area contributed by atoms with Crippen LogP contribution in [0.1, 0.15) is 39.0 Å². The van der Waals surface area contributed by atoms with Crippen molar-refractivity contribution < 1.29 is 4.79 Å². The van der Waals surface area contributed by atoms with Crippen LogP contribution in [0.15, 0.2) is 0 Å². The Labute approximate surface area is 111 Å². The van der Waals surface area contributed by atoms with E-state index in [2.05, 4.69) is 24.2 Å². The van der Waals surface area contributed by atoms with E-state index in [1.807, 2.05) is 11.9 Å². The van der Waals surface area contributed by atoms with Crippen molar-refractivity contribution in [3.8, 4) is 0 Å². The molecule has 0 saturated carbocycles. The van der Waals surface area contributed by atoms with E-state index in [1.165, 1.54) is 12.8 Å². The fraction of sp³-hybridized carbons (Fsp3) is 0.929. The van der Waals surface area contributed by atoms with Gasteiger partial charge in [-0.15, -0.1) is 0 Å². The van der Waals surface area contributed by atoms with Crippen molar-refractivity contribution in [2.24, 2.45) is 0 Å². The first kappa shape index (κ1) is 13.8. The molecule has 18 heavy (non-hydrogen) atoms. The predicted molar refractivity (Wildman–Crippen MR) is 73.5 cm³/mol. The van der Waals surface area contributed by atoms with Crippen molar-refractivity contribution in [3.63, 3.8) is 0 Å². The highest BCUT2D eigenvalue weighted by atomic mass is 16.2. The molecule has 4 nitrogen and oxygen atoms in total. The predicted octanol–water partition coefficient (Wildman–Crippen LogP) is 1.07. The number of rotatable bonds is 2. The Kier molecular flexibility index (Phi) is 4.62. The molecule has 2 saturated heterocycles. The zero-order valence-corrected chi connectivity index (χ0v) is 12.0. The number of nitrogens with zero attached hydrogens (tertiary/aromatic N) is 2. The fourth-order valence-corrected chi connectivity index (χ4v) is 3.10. The summed E-state index contributed by atoms with van der Waals surface area (Å²) in [6, 6.07) is 1.07. The van der Waals surface area contributed by atoms with E-state index in [1.54, 1.807) is 0 Å². The number of nitrogens with one attached hydrogen (secondary N) is 1. The third-order valence-corrected chi connectivity index (χ3v) is 4.68. The molecule has 0 aromatic rings. The molecule has 0 aromatic carbocycles. The lowest BCUT2D eigenvalue weighted by Crippen LogP contribution is -2.53. The lowest BCUT2D eigenvalue weighted by molar-refractivity contribution is -0.136. The van der Waals surface area contributed by atoms with Gasteiger partial charge in [0, 0.05) is 25.7 Å². The Balaban J connectivity index is 1.89. The maximum atomic E-state index is 12.4.